The first kappa shape index (κ1) is 13.7. The lowest BCUT2D eigenvalue weighted by Gasteiger charge is -2.26. The van der Waals surface area contributed by atoms with Crippen molar-refractivity contribution in [3.63, 3.8) is 0 Å². The van der Waals surface area contributed by atoms with Crippen LogP contribution in [0.5, 0.6) is 0 Å². The van der Waals surface area contributed by atoms with E-state index in [0.29, 0.717) is 12.0 Å². The number of rotatable bonds is 4. The van der Waals surface area contributed by atoms with Crippen LogP contribution in [0.25, 0.3) is 0 Å². The van der Waals surface area contributed by atoms with E-state index in [2.05, 4.69) is 4.98 Å². The van der Waals surface area contributed by atoms with E-state index in [1.807, 2.05) is 0 Å². The number of nitrogens with zero attached hydrogens (tertiary/aromatic N) is 1. The second-order valence-electron chi connectivity index (χ2n) is 4.62. The van der Waals surface area contributed by atoms with Gasteiger partial charge in [-0.25, -0.2) is 4.39 Å². The van der Waals surface area contributed by atoms with Gasteiger partial charge in [-0.3, -0.25) is 9.78 Å². The maximum atomic E-state index is 13.9. The van der Waals surface area contributed by atoms with Crippen LogP contribution >= 0.6 is 11.6 Å². The molecule has 98 valence electrons. The SMILES string of the molecule is CC(Cc1ccncc1)(C(=O)Cl)c1ccccc1F. The monoisotopic (exact) mass is 277 g/mol. The molecule has 0 saturated carbocycles. The van der Waals surface area contributed by atoms with E-state index in [1.165, 1.54) is 6.07 Å². The summed E-state index contributed by atoms with van der Waals surface area (Å²) in [6.45, 7) is 1.65. The topological polar surface area (TPSA) is 30.0 Å². The lowest BCUT2D eigenvalue weighted by atomic mass is 9.78. The van der Waals surface area contributed by atoms with Crippen molar-refractivity contribution in [1.82, 2.24) is 4.98 Å². The van der Waals surface area contributed by atoms with Gasteiger partial charge in [-0.05, 0) is 48.7 Å². The molecule has 1 atom stereocenters. The van der Waals surface area contributed by atoms with Crippen molar-refractivity contribution in [2.45, 2.75) is 18.8 Å². The third kappa shape index (κ3) is 2.82. The zero-order valence-electron chi connectivity index (χ0n) is 10.4. The van der Waals surface area contributed by atoms with Crippen LogP contribution in [0.1, 0.15) is 18.1 Å². The van der Waals surface area contributed by atoms with Gasteiger partial charge in [-0.2, -0.15) is 0 Å². The predicted molar refractivity (Wildman–Crippen MR) is 72.6 cm³/mol. The van der Waals surface area contributed by atoms with Gasteiger partial charge in [0.1, 0.15) is 5.82 Å². The lowest BCUT2D eigenvalue weighted by Crippen LogP contribution is -2.33. The Balaban J connectivity index is 2.45. The molecule has 0 aliphatic carbocycles. The van der Waals surface area contributed by atoms with Crippen molar-refractivity contribution in [2.24, 2.45) is 0 Å². The Morgan fingerprint density at radius 2 is 1.89 bits per heavy atom. The van der Waals surface area contributed by atoms with Crippen LogP contribution in [0.4, 0.5) is 4.39 Å². The fourth-order valence-corrected chi connectivity index (χ4v) is 2.26. The molecule has 0 amide bonds. The highest BCUT2D eigenvalue weighted by atomic mass is 35.5. The van der Waals surface area contributed by atoms with E-state index in [9.17, 15) is 9.18 Å². The highest BCUT2D eigenvalue weighted by molar-refractivity contribution is 6.65. The standard InChI is InChI=1S/C15H13ClFNO/c1-15(14(16)19,10-11-6-8-18-9-7-11)12-4-2-3-5-13(12)17/h2-9H,10H2,1H3. The number of hydrogen-bond acceptors (Lipinski definition) is 2. The Labute approximate surface area is 116 Å². The zero-order valence-corrected chi connectivity index (χ0v) is 11.2. The van der Waals surface area contributed by atoms with Crippen LogP contribution in [0.2, 0.25) is 0 Å². The van der Waals surface area contributed by atoms with Gasteiger partial charge in [-0.15, -0.1) is 0 Å². The molecule has 1 heterocycles. The molecule has 0 N–H and O–H groups in total. The van der Waals surface area contributed by atoms with Crippen molar-refractivity contribution in [3.05, 3.63) is 65.7 Å². The Morgan fingerprint density at radius 1 is 1.26 bits per heavy atom. The molecular weight excluding hydrogens is 265 g/mol. The van der Waals surface area contributed by atoms with Gasteiger partial charge in [0, 0.05) is 18.0 Å². The molecule has 0 aliphatic heterocycles. The van der Waals surface area contributed by atoms with E-state index >= 15 is 0 Å². The molecule has 19 heavy (non-hydrogen) atoms. The number of carbonyl (C=O) groups is 1. The van der Waals surface area contributed by atoms with E-state index in [1.54, 1.807) is 49.6 Å². The van der Waals surface area contributed by atoms with Crippen LogP contribution < -0.4 is 0 Å². The molecule has 0 spiro atoms. The second kappa shape index (κ2) is 5.49. The first-order valence-corrected chi connectivity index (χ1v) is 6.25. The number of pyridine rings is 1. The van der Waals surface area contributed by atoms with Crippen LogP contribution in [0, 0.1) is 5.82 Å². The number of benzene rings is 1. The summed E-state index contributed by atoms with van der Waals surface area (Å²) in [6.07, 6.45) is 3.60. The van der Waals surface area contributed by atoms with Crippen molar-refractivity contribution >= 4 is 16.8 Å². The number of aromatic nitrogens is 1. The van der Waals surface area contributed by atoms with Gasteiger partial charge in [0.25, 0.3) is 0 Å². The largest absolute Gasteiger partial charge is 0.280 e. The maximum absolute atomic E-state index is 13.9. The summed E-state index contributed by atoms with van der Waals surface area (Å²) in [6, 6.07) is 9.79. The van der Waals surface area contributed by atoms with Crippen molar-refractivity contribution in [3.8, 4) is 0 Å². The summed E-state index contributed by atoms with van der Waals surface area (Å²) in [5, 5.41) is -0.575. The lowest BCUT2D eigenvalue weighted by molar-refractivity contribution is -0.116. The minimum Gasteiger partial charge on any atom is -0.280 e. The summed E-state index contributed by atoms with van der Waals surface area (Å²) < 4.78 is 13.9. The molecule has 1 aromatic carbocycles. The van der Waals surface area contributed by atoms with Gasteiger partial charge >= 0.3 is 0 Å². The highest BCUT2D eigenvalue weighted by Gasteiger charge is 2.36. The van der Waals surface area contributed by atoms with Gasteiger partial charge in [0.2, 0.25) is 5.24 Å². The van der Waals surface area contributed by atoms with Crippen molar-refractivity contribution in [1.29, 1.82) is 0 Å². The summed E-state index contributed by atoms with van der Waals surface area (Å²) >= 11 is 5.72. The zero-order chi connectivity index (χ0) is 13.9. The van der Waals surface area contributed by atoms with Gasteiger partial charge < -0.3 is 0 Å². The molecule has 0 radical (unpaired) electrons. The Kier molecular flexibility index (Phi) is 3.96. The third-order valence-corrected chi connectivity index (χ3v) is 3.63. The summed E-state index contributed by atoms with van der Waals surface area (Å²) in [5.41, 5.74) is 0.107. The Hall–Kier alpha value is -1.74. The number of halogens is 2. The minimum absolute atomic E-state index is 0.312. The fraction of sp³-hybridized carbons (Fsp3) is 0.200. The molecule has 1 unspecified atom stereocenters. The van der Waals surface area contributed by atoms with Crippen LogP contribution in [0.3, 0.4) is 0 Å². The molecule has 0 fully saturated rings. The van der Waals surface area contributed by atoms with Crippen molar-refractivity contribution in [2.75, 3.05) is 0 Å². The van der Waals surface area contributed by atoms with Gasteiger partial charge in [0.05, 0.1) is 5.41 Å². The Morgan fingerprint density at radius 3 is 2.47 bits per heavy atom. The predicted octanol–water partition coefficient (Wildman–Crippen LogP) is 3.49. The average molecular weight is 278 g/mol. The van der Waals surface area contributed by atoms with E-state index in [-0.39, 0.29) is 0 Å². The summed E-state index contributed by atoms with van der Waals surface area (Å²) in [7, 11) is 0. The molecule has 4 heteroatoms. The number of carbonyl (C=O) groups excluding carboxylic acids is 1. The summed E-state index contributed by atoms with van der Waals surface area (Å²) in [5.74, 6) is -0.423. The number of hydrogen-bond donors (Lipinski definition) is 0. The highest BCUT2D eigenvalue weighted by Crippen LogP contribution is 2.32. The second-order valence-corrected chi connectivity index (χ2v) is 4.96. The van der Waals surface area contributed by atoms with Crippen LogP contribution in [-0.4, -0.2) is 10.2 Å². The summed E-state index contributed by atoms with van der Waals surface area (Å²) in [4.78, 5) is 15.7. The van der Waals surface area contributed by atoms with E-state index in [0.717, 1.165) is 5.56 Å². The van der Waals surface area contributed by atoms with Gasteiger partial charge in [-0.1, -0.05) is 18.2 Å². The third-order valence-electron chi connectivity index (χ3n) is 3.21. The average Bonchev–Trinajstić information content (AvgIpc) is 2.40. The molecule has 2 aromatic rings. The molecule has 1 aromatic heterocycles. The molecule has 2 nitrogen and oxygen atoms in total. The molecule has 0 aliphatic rings. The maximum Gasteiger partial charge on any atom is 0.232 e. The Bertz CT molecular complexity index is 588. The molecule has 0 bridgehead atoms. The first-order valence-electron chi connectivity index (χ1n) is 5.88. The smallest absolute Gasteiger partial charge is 0.232 e. The molecule has 0 saturated heterocycles. The van der Waals surface area contributed by atoms with Crippen LogP contribution in [0.15, 0.2) is 48.8 Å². The fourth-order valence-electron chi connectivity index (χ4n) is 2.09. The van der Waals surface area contributed by atoms with E-state index < -0.39 is 16.5 Å². The first-order chi connectivity index (χ1) is 9.04. The van der Waals surface area contributed by atoms with Gasteiger partial charge in [0.15, 0.2) is 0 Å². The quantitative estimate of drug-likeness (QED) is 0.801. The molecular formula is C15H13ClFNO. The van der Waals surface area contributed by atoms with Crippen molar-refractivity contribution < 1.29 is 9.18 Å². The minimum atomic E-state index is -1.09. The molecule has 2 rings (SSSR count). The van der Waals surface area contributed by atoms with Crippen LogP contribution in [-0.2, 0) is 16.6 Å². The normalized spacial score (nSPS) is 13.8. The van der Waals surface area contributed by atoms with E-state index in [4.69, 9.17) is 11.6 Å².